The molecule has 0 radical (unpaired) electrons. The number of carbonyl (C=O) groups is 2. The van der Waals surface area contributed by atoms with Crippen molar-refractivity contribution in [2.24, 2.45) is 0 Å². The smallest absolute Gasteiger partial charge is 0.248 e. The molecule has 2 N–H and O–H groups in total. The van der Waals surface area contributed by atoms with Crippen LogP contribution in [0.25, 0.3) is 6.08 Å². The number of hydrogen-bond acceptors (Lipinski definition) is 3. The van der Waals surface area contributed by atoms with Gasteiger partial charge in [0.15, 0.2) is 0 Å². The summed E-state index contributed by atoms with van der Waals surface area (Å²) in [6.45, 7) is 0. The number of anilines is 2. The predicted octanol–water partition coefficient (Wildman–Crippen LogP) is 3.33. The van der Waals surface area contributed by atoms with Gasteiger partial charge in [0.25, 0.3) is 0 Å². The molecule has 0 atom stereocenters. The van der Waals surface area contributed by atoms with E-state index < -0.39 is 17.6 Å². The van der Waals surface area contributed by atoms with Crippen molar-refractivity contribution in [1.82, 2.24) is 0 Å². The van der Waals surface area contributed by atoms with Crippen LogP contribution in [-0.2, 0) is 9.59 Å². The van der Waals surface area contributed by atoms with Gasteiger partial charge in [-0.05, 0) is 36.4 Å². The molecular weight excluding hydrogens is 309 g/mol. The third-order valence-electron chi connectivity index (χ3n) is 3.00. The Balaban J connectivity index is 1.94. The minimum absolute atomic E-state index is 0.223. The molecule has 2 rings (SSSR count). The summed E-state index contributed by atoms with van der Waals surface area (Å²) >= 11 is 0. The summed E-state index contributed by atoms with van der Waals surface area (Å²) in [6.07, 6.45) is 2.40. The lowest BCUT2D eigenvalue weighted by molar-refractivity contribution is -0.115. The fourth-order valence-corrected chi connectivity index (χ4v) is 1.87. The van der Waals surface area contributed by atoms with Crippen molar-refractivity contribution in [3.05, 3.63) is 66.0 Å². The normalized spacial score (nSPS) is 10.2. The number of nitriles is 1. The van der Waals surface area contributed by atoms with E-state index in [9.17, 15) is 14.0 Å². The summed E-state index contributed by atoms with van der Waals surface area (Å²) in [7, 11) is 0. The fraction of sp³-hybridized carbons (Fsp3) is 0.0556. The van der Waals surface area contributed by atoms with Crippen molar-refractivity contribution in [2.75, 3.05) is 10.6 Å². The zero-order valence-corrected chi connectivity index (χ0v) is 12.6. The Bertz CT molecular complexity index is 808. The van der Waals surface area contributed by atoms with Gasteiger partial charge in [-0.15, -0.1) is 0 Å². The summed E-state index contributed by atoms with van der Waals surface area (Å²) in [5, 5.41) is 13.6. The van der Waals surface area contributed by atoms with Crippen LogP contribution in [0.3, 0.4) is 0 Å². The van der Waals surface area contributed by atoms with Gasteiger partial charge in [-0.2, -0.15) is 5.26 Å². The van der Waals surface area contributed by atoms with Gasteiger partial charge >= 0.3 is 0 Å². The van der Waals surface area contributed by atoms with Gasteiger partial charge in [-0.1, -0.05) is 18.2 Å². The average Bonchev–Trinajstić information content (AvgIpc) is 2.56. The largest absolute Gasteiger partial charge is 0.325 e. The van der Waals surface area contributed by atoms with Crippen LogP contribution >= 0.6 is 0 Å². The highest BCUT2D eigenvalue weighted by Gasteiger charge is 2.03. The molecule has 0 aliphatic heterocycles. The highest BCUT2D eigenvalue weighted by molar-refractivity contribution is 6.02. The van der Waals surface area contributed by atoms with Crippen LogP contribution in [-0.4, -0.2) is 11.8 Å². The lowest BCUT2D eigenvalue weighted by Gasteiger charge is -2.05. The Kier molecular flexibility index (Phi) is 5.81. The van der Waals surface area contributed by atoms with E-state index >= 15 is 0 Å². The van der Waals surface area contributed by atoms with E-state index in [0.717, 1.165) is 0 Å². The molecule has 24 heavy (non-hydrogen) atoms. The number of nitrogens with zero attached hydrogens (tertiary/aromatic N) is 1. The summed E-state index contributed by atoms with van der Waals surface area (Å²) in [6, 6.07) is 14.3. The van der Waals surface area contributed by atoms with E-state index in [1.165, 1.54) is 18.2 Å². The van der Waals surface area contributed by atoms with Crippen LogP contribution in [0.5, 0.6) is 0 Å². The zero-order chi connectivity index (χ0) is 17.4. The first-order valence-corrected chi connectivity index (χ1v) is 7.09. The van der Waals surface area contributed by atoms with E-state index in [-0.39, 0.29) is 6.42 Å². The Labute approximate surface area is 138 Å². The molecule has 120 valence electrons. The maximum absolute atomic E-state index is 13.4. The first-order chi connectivity index (χ1) is 11.6. The third-order valence-corrected chi connectivity index (χ3v) is 3.00. The molecule has 0 aromatic heterocycles. The van der Waals surface area contributed by atoms with Crippen LogP contribution in [0.2, 0.25) is 0 Å². The van der Waals surface area contributed by atoms with E-state index in [2.05, 4.69) is 10.6 Å². The highest BCUT2D eigenvalue weighted by Crippen LogP contribution is 2.14. The Morgan fingerprint density at radius 3 is 2.29 bits per heavy atom. The third kappa shape index (κ3) is 5.07. The summed E-state index contributed by atoms with van der Waals surface area (Å²) in [5.41, 5.74) is 1.37. The lowest BCUT2D eigenvalue weighted by Crippen LogP contribution is -2.10. The van der Waals surface area contributed by atoms with Crippen molar-refractivity contribution < 1.29 is 14.0 Å². The molecule has 0 fully saturated rings. The van der Waals surface area contributed by atoms with Crippen LogP contribution in [0.15, 0.2) is 54.6 Å². The molecule has 2 aromatic rings. The minimum atomic E-state index is -0.404. The zero-order valence-electron chi connectivity index (χ0n) is 12.6. The molecule has 0 heterocycles. The minimum Gasteiger partial charge on any atom is -0.325 e. The SMILES string of the molecule is N#CCC(=O)Nc1ccc(NC(=O)/C=C/c2ccccc2F)cc1. The van der Waals surface area contributed by atoms with Gasteiger partial charge in [0, 0.05) is 23.0 Å². The second-order valence-corrected chi connectivity index (χ2v) is 4.80. The van der Waals surface area contributed by atoms with Gasteiger partial charge in [0.2, 0.25) is 11.8 Å². The molecule has 0 unspecified atom stereocenters. The fourth-order valence-electron chi connectivity index (χ4n) is 1.87. The predicted molar refractivity (Wildman–Crippen MR) is 89.4 cm³/mol. The van der Waals surface area contributed by atoms with Crippen molar-refractivity contribution in [3.63, 3.8) is 0 Å². The molecule has 0 aliphatic rings. The van der Waals surface area contributed by atoms with E-state index in [4.69, 9.17) is 5.26 Å². The van der Waals surface area contributed by atoms with Crippen LogP contribution in [0.1, 0.15) is 12.0 Å². The number of benzene rings is 2. The Morgan fingerprint density at radius 1 is 1.04 bits per heavy atom. The van der Waals surface area contributed by atoms with E-state index in [0.29, 0.717) is 16.9 Å². The molecule has 0 saturated carbocycles. The number of hydrogen-bond donors (Lipinski definition) is 2. The van der Waals surface area contributed by atoms with Crippen molar-refractivity contribution >= 4 is 29.3 Å². The summed E-state index contributed by atoms with van der Waals surface area (Å²) < 4.78 is 13.4. The molecular formula is C18H14FN3O2. The number of rotatable bonds is 5. The summed E-state index contributed by atoms with van der Waals surface area (Å²) in [4.78, 5) is 23.1. The molecule has 0 aliphatic carbocycles. The maximum Gasteiger partial charge on any atom is 0.248 e. The van der Waals surface area contributed by atoms with Gasteiger partial charge in [-0.3, -0.25) is 9.59 Å². The molecule has 0 saturated heterocycles. The molecule has 2 amide bonds. The second-order valence-electron chi connectivity index (χ2n) is 4.80. The first-order valence-electron chi connectivity index (χ1n) is 7.09. The molecule has 6 heteroatoms. The van der Waals surface area contributed by atoms with E-state index in [1.54, 1.807) is 48.5 Å². The van der Waals surface area contributed by atoms with Gasteiger partial charge in [0.05, 0.1) is 6.07 Å². The van der Waals surface area contributed by atoms with Crippen LogP contribution in [0.4, 0.5) is 15.8 Å². The molecule has 2 aromatic carbocycles. The Hall–Kier alpha value is -3.46. The van der Waals surface area contributed by atoms with Crippen LogP contribution < -0.4 is 10.6 Å². The number of carbonyl (C=O) groups excluding carboxylic acids is 2. The standard InChI is InChI=1S/C18H14FN3O2/c19-16-4-2-1-3-13(16)5-10-17(23)21-14-6-8-15(9-7-14)22-18(24)11-12-20/h1-10H,11H2,(H,21,23)(H,22,24)/b10-5+. The molecule has 0 spiro atoms. The number of amides is 2. The second kappa shape index (κ2) is 8.25. The molecule has 5 nitrogen and oxygen atoms in total. The number of nitrogens with one attached hydrogen (secondary N) is 2. The molecule has 0 bridgehead atoms. The monoisotopic (exact) mass is 323 g/mol. The van der Waals surface area contributed by atoms with Crippen molar-refractivity contribution in [3.8, 4) is 6.07 Å². The van der Waals surface area contributed by atoms with Gasteiger partial charge in [-0.25, -0.2) is 4.39 Å². The lowest BCUT2D eigenvalue weighted by atomic mass is 10.2. The van der Waals surface area contributed by atoms with Crippen LogP contribution in [0, 0.1) is 17.1 Å². The van der Waals surface area contributed by atoms with Crippen molar-refractivity contribution in [1.29, 1.82) is 5.26 Å². The topological polar surface area (TPSA) is 82.0 Å². The number of halogens is 1. The highest BCUT2D eigenvalue weighted by atomic mass is 19.1. The maximum atomic E-state index is 13.4. The Morgan fingerprint density at radius 2 is 1.67 bits per heavy atom. The van der Waals surface area contributed by atoms with Gasteiger partial charge in [0.1, 0.15) is 12.2 Å². The average molecular weight is 323 g/mol. The first kappa shape index (κ1) is 16.9. The van der Waals surface area contributed by atoms with E-state index in [1.807, 2.05) is 0 Å². The van der Waals surface area contributed by atoms with Crippen molar-refractivity contribution in [2.45, 2.75) is 6.42 Å². The van der Waals surface area contributed by atoms with Gasteiger partial charge < -0.3 is 10.6 Å². The quantitative estimate of drug-likeness (QED) is 0.828. The summed E-state index contributed by atoms with van der Waals surface area (Å²) in [5.74, 6) is -1.21.